The van der Waals surface area contributed by atoms with Crippen molar-refractivity contribution in [2.45, 2.75) is 10.6 Å². The average Bonchev–Trinajstić information content (AvgIpc) is 2.33. The molecule has 100 valence electrons. The van der Waals surface area contributed by atoms with Gasteiger partial charge in [-0.1, -0.05) is 35.3 Å². The fourth-order valence-corrected chi connectivity index (χ4v) is 3.64. The average molecular weight is 316 g/mol. The van der Waals surface area contributed by atoms with Crippen molar-refractivity contribution in [1.82, 2.24) is 0 Å². The second-order valence-corrected chi connectivity index (χ2v) is 6.90. The smallest absolute Gasteiger partial charge is 0.182 e. The molecule has 0 fully saturated rings. The fraction of sp³-hybridized carbons (Fsp3) is 0.0769. The Balaban J connectivity index is 2.36. The highest BCUT2D eigenvalue weighted by Gasteiger charge is 2.17. The predicted octanol–water partition coefficient (Wildman–Crippen LogP) is 3.55. The van der Waals surface area contributed by atoms with Crippen molar-refractivity contribution >= 4 is 38.7 Å². The summed E-state index contributed by atoms with van der Waals surface area (Å²) < 4.78 is 24.5. The lowest BCUT2D eigenvalue weighted by Gasteiger charge is -2.07. The third kappa shape index (κ3) is 3.41. The van der Waals surface area contributed by atoms with E-state index < -0.39 is 9.84 Å². The predicted molar refractivity (Wildman–Crippen MR) is 78.2 cm³/mol. The molecule has 2 N–H and O–H groups in total. The van der Waals surface area contributed by atoms with Crippen molar-refractivity contribution < 1.29 is 8.42 Å². The zero-order valence-corrected chi connectivity index (χ0v) is 12.1. The standard InChI is InChI=1S/C13H11Cl2NO2S/c14-10-2-1-3-12(6-10)19(17,18)8-9-4-5-11(16)7-13(9)15/h1-7H,8,16H2. The van der Waals surface area contributed by atoms with Gasteiger partial charge in [-0.25, -0.2) is 8.42 Å². The van der Waals surface area contributed by atoms with Crippen LogP contribution >= 0.6 is 23.2 Å². The molecule has 0 atom stereocenters. The molecule has 0 spiro atoms. The van der Waals surface area contributed by atoms with Crippen LogP contribution in [-0.4, -0.2) is 8.42 Å². The Kier molecular flexibility index (Phi) is 4.04. The molecule has 0 aliphatic carbocycles. The Labute approximate surface area is 121 Å². The SMILES string of the molecule is Nc1ccc(CS(=O)(=O)c2cccc(Cl)c2)c(Cl)c1. The Morgan fingerprint density at radius 2 is 1.79 bits per heavy atom. The van der Waals surface area contributed by atoms with Crippen LogP contribution in [0.2, 0.25) is 10.0 Å². The molecule has 0 heterocycles. The fourth-order valence-electron chi connectivity index (χ4n) is 1.63. The molecule has 0 aliphatic heterocycles. The second kappa shape index (κ2) is 5.41. The first kappa shape index (κ1) is 14.2. The van der Waals surface area contributed by atoms with E-state index in [0.29, 0.717) is 21.3 Å². The van der Waals surface area contributed by atoms with E-state index in [0.717, 1.165) is 0 Å². The second-order valence-electron chi connectivity index (χ2n) is 4.07. The van der Waals surface area contributed by atoms with Gasteiger partial charge in [0.15, 0.2) is 9.84 Å². The summed E-state index contributed by atoms with van der Waals surface area (Å²) >= 11 is 11.8. The summed E-state index contributed by atoms with van der Waals surface area (Å²) in [6, 6.07) is 10.9. The van der Waals surface area contributed by atoms with Gasteiger partial charge in [-0.3, -0.25) is 0 Å². The van der Waals surface area contributed by atoms with E-state index in [1.54, 1.807) is 24.3 Å². The van der Waals surface area contributed by atoms with E-state index >= 15 is 0 Å². The number of rotatable bonds is 3. The van der Waals surface area contributed by atoms with Crippen LogP contribution in [0.4, 0.5) is 5.69 Å². The number of anilines is 1. The largest absolute Gasteiger partial charge is 0.399 e. The molecule has 0 amide bonds. The Hall–Kier alpha value is -1.23. The van der Waals surface area contributed by atoms with Gasteiger partial charge in [-0.05, 0) is 35.9 Å². The summed E-state index contributed by atoms with van der Waals surface area (Å²) in [4.78, 5) is 0.174. The molecule has 0 saturated carbocycles. The van der Waals surface area contributed by atoms with Gasteiger partial charge in [-0.15, -0.1) is 0 Å². The zero-order valence-electron chi connectivity index (χ0n) is 9.81. The van der Waals surface area contributed by atoms with Gasteiger partial charge in [-0.2, -0.15) is 0 Å². The first-order chi connectivity index (χ1) is 8.88. The Morgan fingerprint density at radius 1 is 1.05 bits per heavy atom. The zero-order chi connectivity index (χ0) is 14.0. The minimum atomic E-state index is -3.48. The van der Waals surface area contributed by atoms with Gasteiger partial charge in [0.1, 0.15) is 0 Å². The molecule has 0 bridgehead atoms. The van der Waals surface area contributed by atoms with E-state index in [1.165, 1.54) is 18.2 Å². The number of hydrogen-bond acceptors (Lipinski definition) is 3. The monoisotopic (exact) mass is 315 g/mol. The van der Waals surface area contributed by atoms with E-state index in [-0.39, 0.29) is 10.6 Å². The minimum absolute atomic E-state index is 0.174. The minimum Gasteiger partial charge on any atom is -0.399 e. The number of sulfone groups is 1. The van der Waals surface area contributed by atoms with Gasteiger partial charge < -0.3 is 5.73 Å². The quantitative estimate of drug-likeness (QED) is 0.881. The molecule has 0 saturated heterocycles. The van der Waals surface area contributed by atoms with Gasteiger partial charge in [0, 0.05) is 15.7 Å². The van der Waals surface area contributed by atoms with Crippen LogP contribution in [0, 0.1) is 0 Å². The molecule has 2 rings (SSSR count). The van der Waals surface area contributed by atoms with Crippen molar-refractivity contribution in [2.75, 3.05) is 5.73 Å². The first-order valence-electron chi connectivity index (χ1n) is 5.41. The summed E-state index contributed by atoms with van der Waals surface area (Å²) in [7, 11) is -3.48. The molecule has 6 heteroatoms. The van der Waals surface area contributed by atoms with Gasteiger partial charge in [0.2, 0.25) is 0 Å². The van der Waals surface area contributed by atoms with Crippen LogP contribution in [0.3, 0.4) is 0 Å². The van der Waals surface area contributed by atoms with Crippen molar-refractivity contribution in [3.63, 3.8) is 0 Å². The lowest BCUT2D eigenvalue weighted by Crippen LogP contribution is -2.05. The van der Waals surface area contributed by atoms with Crippen LogP contribution in [-0.2, 0) is 15.6 Å². The van der Waals surface area contributed by atoms with E-state index in [9.17, 15) is 8.42 Å². The summed E-state index contributed by atoms with van der Waals surface area (Å²) in [6.07, 6.45) is 0. The molecular formula is C13H11Cl2NO2S. The number of benzene rings is 2. The number of nitrogen functional groups attached to an aromatic ring is 1. The van der Waals surface area contributed by atoms with Crippen LogP contribution in [0.1, 0.15) is 5.56 Å². The number of hydrogen-bond donors (Lipinski definition) is 1. The van der Waals surface area contributed by atoms with E-state index in [2.05, 4.69) is 0 Å². The van der Waals surface area contributed by atoms with E-state index in [4.69, 9.17) is 28.9 Å². The normalized spacial score (nSPS) is 11.5. The summed E-state index contributed by atoms with van der Waals surface area (Å²) in [5.41, 5.74) is 6.58. The van der Waals surface area contributed by atoms with Crippen LogP contribution in [0.25, 0.3) is 0 Å². The Bertz CT molecular complexity index is 714. The maximum absolute atomic E-state index is 12.2. The molecular weight excluding hydrogens is 305 g/mol. The van der Waals surface area contributed by atoms with E-state index in [1.807, 2.05) is 0 Å². The van der Waals surface area contributed by atoms with Gasteiger partial charge >= 0.3 is 0 Å². The lowest BCUT2D eigenvalue weighted by atomic mass is 10.2. The summed E-state index contributed by atoms with van der Waals surface area (Å²) in [5.74, 6) is -0.188. The summed E-state index contributed by atoms with van der Waals surface area (Å²) in [5, 5.41) is 0.718. The third-order valence-corrected chi connectivity index (χ3v) is 4.83. The third-order valence-electron chi connectivity index (χ3n) is 2.58. The van der Waals surface area contributed by atoms with Crippen LogP contribution in [0.5, 0.6) is 0 Å². The highest BCUT2D eigenvalue weighted by molar-refractivity contribution is 7.90. The number of halogens is 2. The molecule has 19 heavy (non-hydrogen) atoms. The Morgan fingerprint density at radius 3 is 2.42 bits per heavy atom. The molecule has 0 aliphatic rings. The maximum atomic E-state index is 12.2. The number of nitrogens with two attached hydrogens (primary N) is 1. The van der Waals surface area contributed by atoms with Crippen molar-refractivity contribution in [2.24, 2.45) is 0 Å². The van der Waals surface area contributed by atoms with Crippen LogP contribution in [0.15, 0.2) is 47.4 Å². The van der Waals surface area contributed by atoms with Crippen molar-refractivity contribution in [3.8, 4) is 0 Å². The molecule has 2 aromatic rings. The van der Waals surface area contributed by atoms with Crippen molar-refractivity contribution in [1.29, 1.82) is 0 Å². The first-order valence-corrected chi connectivity index (χ1v) is 7.81. The highest BCUT2D eigenvalue weighted by atomic mass is 35.5. The molecule has 0 radical (unpaired) electrons. The van der Waals surface area contributed by atoms with Crippen LogP contribution < -0.4 is 5.73 Å². The van der Waals surface area contributed by atoms with Crippen molar-refractivity contribution in [3.05, 3.63) is 58.1 Å². The lowest BCUT2D eigenvalue weighted by molar-refractivity contribution is 0.595. The van der Waals surface area contributed by atoms with Gasteiger partial charge in [0.25, 0.3) is 0 Å². The molecule has 2 aromatic carbocycles. The summed E-state index contributed by atoms with van der Waals surface area (Å²) in [6.45, 7) is 0. The maximum Gasteiger partial charge on any atom is 0.182 e. The van der Waals surface area contributed by atoms with Gasteiger partial charge in [0.05, 0.1) is 10.6 Å². The molecule has 3 nitrogen and oxygen atoms in total. The topological polar surface area (TPSA) is 60.2 Å². The highest BCUT2D eigenvalue weighted by Crippen LogP contribution is 2.25. The molecule has 0 unspecified atom stereocenters. The molecule has 0 aromatic heterocycles.